The first kappa shape index (κ1) is 18.7. The lowest BCUT2D eigenvalue weighted by molar-refractivity contribution is -0.118. The van der Waals surface area contributed by atoms with Crippen molar-refractivity contribution in [2.45, 2.75) is 52.7 Å². The Labute approximate surface area is 122 Å². The number of carbonyl (C=O) groups excluding carboxylic acids is 2. The van der Waals surface area contributed by atoms with Gasteiger partial charge in [0.2, 0.25) is 5.91 Å². The maximum Gasteiger partial charge on any atom is 0.407 e. The molecule has 6 heteroatoms. The minimum atomic E-state index is -0.522. The van der Waals surface area contributed by atoms with Gasteiger partial charge in [0, 0.05) is 12.6 Å². The molecule has 0 aliphatic carbocycles. The Kier molecular flexibility index (Phi) is 7.57. The van der Waals surface area contributed by atoms with E-state index in [9.17, 15) is 9.59 Å². The second kappa shape index (κ2) is 8.09. The normalized spacial score (nSPS) is 13.4. The lowest BCUT2D eigenvalue weighted by Gasteiger charge is -2.27. The molecule has 0 spiro atoms. The Morgan fingerprint density at radius 2 is 1.85 bits per heavy atom. The van der Waals surface area contributed by atoms with Crippen LogP contribution in [-0.2, 0) is 9.53 Å². The fourth-order valence-electron chi connectivity index (χ4n) is 1.93. The highest BCUT2D eigenvalue weighted by molar-refractivity contribution is 5.75. The summed E-state index contributed by atoms with van der Waals surface area (Å²) in [5, 5.41) is 2.85. The van der Waals surface area contributed by atoms with E-state index in [-0.39, 0.29) is 18.5 Å². The molecule has 0 heterocycles. The molecule has 0 aromatic rings. The molecule has 3 N–H and O–H groups in total. The monoisotopic (exact) mass is 287 g/mol. The molecule has 6 nitrogen and oxygen atoms in total. The molecule has 0 saturated heterocycles. The smallest absolute Gasteiger partial charge is 0.407 e. The van der Waals surface area contributed by atoms with Gasteiger partial charge in [0.25, 0.3) is 0 Å². The predicted octanol–water partition coefficient (Wildman–Crippen LogP) is 1.34. The minimum Gasteiger partial charge on any atom is -0.444 e. The molecule has 0 unspecified atom stereocenters. The molecule has 0 saturated carbocycles. The van der Waals surface area contributed by atoms with Gasteiger partial charge < -0.3 is 15.8 Å². The van der Waals surface area contributed by atoms with Gasteiger partial charge in [0.1, 0.15) is 5.60 Å². The first-order valence-electron chi connectivity index (χ1n) is 6.96. The summed E-state index contributed by atoms with van der Waals surface area (Å²) >= 11 is 0. The minimum absolute atomic E-state index is 0.0748. The summed E-state index contributed by atoms with van der Waals surface area (Å²) in [5.74, 6) is 0.0463. The fourth-order valence-corrected chi connectivity index (χ4v) is 1.93. The van der Waals surface area contributed by atoms with Crippen molar-refractivity contribution in [3.63, 3.8) is 0 Å². The third kappa shape index (κ3) is 10.6. The number of rotatable bonds is 7. The van der Waals surface area contributed by atoms with Gasteiger partial charge in [0.15, 0.2) is 0 Å². The van der Waals surface area contributed by atoms with Crippen molar-refractivity contribution in [1.82, 2.24) is 10.2 Å². The summed E-state index contributed by atoms with van der Waals surface area (Å²) in [6, 6.07) is -0.0748. The Hall–Kier alpha value is -1.30. The van der Waals surface area contributed by atoms with Crippen molar-refractivity contribution in [2.24, 2.45) is 11.7 Å². The molecule has 2 amide bonds. The predicted molar refractivity (Wildman–Crippen MR) is 79.3 cm³/mol. The summed E-state index contributed by atoms with van der Waals surface area (Å²) < 4.78 is 5.25. The quantitative estimate of drug-likeness (QED) is 0.740. The van der Waals surface area contributed by atoms with Gasteiger partial charge >= 0.3 is 6.09 Å². The van der Waals surface area contributed by atoms with Crippen LogP contribution in [0, 0.1) is 5.92 Å². The van der Waals surface area contributed by atoms with Crippen molar-refractivity contribution in [2.75, 3.05) is 20.1 Å². The maximum absolute atomic E-state index is 11.8. The third-order valence-electron chi connectivity index (χ3n) is 2.43. The topological polar surface area (TPSA) is 84.7 Å². The molecular formula is C14H29N3O3. The van der Waals surface area contributed by atoms with Crippen LogP contribution in [-0.4, -0.2) is 48.7 Å². The molecule has 0 radical (unpaired) electrons. The zero-order valence-electron chi connectivity index (χ0n) is 13.5. The highest BCUT2D eigenvalue weighted by Crippen LogP contribution is 2.10. The van der Waals surface area contributed by atoms with E-state index in [1.54, 1.807) is 11.9 Å². The van der Waals surface area contributed by atoms with Crippen LogP contribution < -0.4 is 11.1 Å². The molecular weight excluding hydrogens is 258 g/mol. The molecule has 0 aliphatic rings. The highest BCUT2D eigenvalue weighted by Gasteiger charge is 2.21. The number of ether oxygens (including phenoxy) is 1. The van der Waals surface area contributed by atoms with Gasteiger partial charge in [-0.15, -0.1) is 0 Å². The lowest BCUT2D eigenvalue weighted by Crippen LogP contribution is -2.46. The number of amides is 2. The number of nitrogens with zero attached hydrogens (tertiary/aromatic N) is 1. The zero-order valence-corrected chi connectivity index (χ0v) is 13.5. The Balaban J connectivity index is 4.48. The molecule has 0 bridgehead atoms. The Bertz CT molecular complexity index is 324. The third-order valence-corrected chi connectivity index (χ3v) is 2.43. The van der Waals surface area contributed by atoms with Crippen molar-refractivity contribution in [3.8, 4) is 0 Å². The van der Waals surface area contributed by atoms with E-state index in [1.165, 1.54) is 0 Å². The number of primary amides is 1. The Morgan fingerprint density at radius 3 is 2.25 bits per heavy atom. The first-order chi connectivity index (χ1) is 8.99. The van der Waals surface area contributed by atoms with E-state index in [4.69, 9.17) is 10.5 Å². The summed E-state index contributed by atoms with van der Waals surface area (Å²) in [5.41, 5.74) is 4.64. The standard InChI is InChI=1S/C14H29N3O3/c1-10(2)7-11(8-17(6)9-12(15)18)16-13(19)20-14(3,4)5/h10-11H,7-9H2,1-6H3,(H2,15,18)(H,16,19)/t11-/m0/s1. The summed E-state index contributed by atoms with van der Waals surface area (Å²) in [6.07, 6.45) is 0.373. The van der Waals surface area contributed by atoms with E-state index >= 15 is 0 Å². The fraction of sp³-hybridized carbons (Fsp3) is 0.857. The van der Waals surface area contributed by atoms with Crippen LogP contribution >= 0.6 is 0 Å². The average molecular weight is 287 g/mol. The number of hydrogen-bond acceptors (Lipinski definition) is 4. The van der Waals surface area contributed by atoms with E-state index in [1.807, 2.05) is 20.8 Å². The summed E-state index contributed by atoms with van der Waals surface area (Å²) in [4.78, 5) is 24.5. The molecule has 0 rings (SSSR count). The van der Waals surface area contributed by atoms with Gasteiger partial charge in [-0.3, -0.25) is 9.69 Å². The number of alkyl carbamates (subject to hydrolysis) is 1. The van der Waals surface area contributed by atoms with Crippen LogP contribution in [0.1, 0.15) is 41.0 Å². The van der Waals surface area contributed by atoms with Crippen molar-refractivity contribution in [1.29, 1.82) is 0 Å². The van der Waals surface area contributed by atoms with Crippen molar-refractivity contribution >= 4 is 12.0 Å². The largest absolute Gasteiger partial charge is 0.444 e. The number of nitrogens with two attached hydrogens (primary N) is 1. The molecule has 1 atom stereocenters. The van der Waals surface area contributed by atoms with E-state index in [2.05, 4.69) is 19.2 Å². The average Bonchev–Trinajstić information content (AvgIpc) is 2.09. The lowest BCUT2D eigenvalue weighted by atomic mass is 10.0. The number of hydrogen-bond donors (Lipinski definition) is 2. The first-order valence-corrected chi connectivity index (χ1v) is 6.96. The molecule has 0 aromatic carbocycles. The van der Waals surface area contributed by atoms with Crippen LogP contribution in [0.15, 0.2) is 0 Å². The molecule has 0 aliphatic heterocycles. The van der Waals surface area contributed by atoms with Gasteiger partial charge in [-0.25, -0.2) is 4.79 Å². The second-order valence-corrected chi connectivity index (χ2v) is 6.64. The van der Waals surface area contributed by atoms with Crippen molar-refractivity contribution in [3.05, 3.63) is 0 Å². The summed E-state index contributed by atoms with van der Waals surface area (Å²) in [6.45, 7) is 10.4. The van der Waals surface area contributed by atoms with Crippen molar-refractivity contribution < 1.29 is 14.3 Å². The van der Waals surface area contributed by atoms with Gasteiger partial charge in [-0.1, -0.05) is 13.8 Å². The maximum atomic E-state index is 11.8. The van der Waals surface area contributed by atoms with Crippen LogP contribution in [0.5, 0.6) is 0 Å². The van der Waals surface area contributed by atoms with E-state index in [0.717, 1.165) is 6.42 Å². The number of nitrogens with one attached hydrogen (secondary N) is 1. The second-order valence-electron chi connectivity index (χ2n) is 6.64. The highest BCUT2D eigenvalue weighted by atomic mass is 16.6. The zero-order chi connectivity index (χ0) is 15.9. The van der Waals surface area contributed by atoms with Crippen LogP contribution in [0.25, 0.3) is 0 Å². The Morgan fingerprint density at radius 1 is 1.30 bits per heavy atom. The number of likely N-dealkylation sites (N-methyl/N-ethyl adjacent to an activating group) is 1. The SMILES string of the molecule is CC(C)C[C@@H](CN(C)CC(N)=O)NC(=O)OC(C)(C)C. The number of carbonyl (C=O) groups is 2. The molecule has 118 valence electrons. The van der Waals surface area contributed by atoms with Gasteiger partial charge in [-0.2, -0.15) is 0 Å². The van der Waals surface area contributed by atoms with Crippen LogP contribution in [0.4, 0.5) is 4.79 Å². The molecule has 20 heavy (non-hydrogen) atoms. The van der Waals surface area contributed by atoms with Crippen LogP contribution in [0.2, 0.25) is 0 Å². The summed E-state index contributed by atoms with van der Waals surface area (Å²) in [7, 11) is 1.80. The molecule has 0 aromatic heterocycles. The molecule has 0 fully saturated rings. The van der Waals surface area contributed by atoms with Gasteiger partial charge in [-0.05, 0) is 40.2 Å². The van der Waals surface area contributed by atoms with E-state index in [0.29, 0.717) is 12.5 Å². The van der Waals surface area contributed by atoms with E-state index < -0.39 is 11.7 Å². The van der Waals surface area contributed by atoms with Gasteiger partial charge in [0.05, 0.1) is 6.54 Å². The van der Waals surface area contributed by atoms with Crippen LogP contribution in [0.3, 0.4) is 0 Å².